The van der Waals surface area contributed by atoms with Crippen molar-refractivity contribution in [3.8, 4) is 0 Å². The molecule has 4 aromatic rings. The molecule has 0 spiro atoms. The fourth-order valence-corrected chi connectivity index (χ4v) is 5.37. The number of esters is 2. The molecule has 0 bridgehead atoms. The van der Waals surface area contributed by atoms with Gasteiger partial charge in [0.15, 0.2) is 35.5 Å². The van der Waals surface area contributed by atoms with E-state index in [0.717, 1.165) is 36.6 Å². The molecule has 10 nitrogen and oxygen atoms in total. The predicted octanol–water partition coefficient (Wildman–Crippen LogP) is 5.52. The molecule has 2 aliphatic rings. The molecule has 1 saturated carbocycles. The van der Waals surface area contributed by atoms with Crippen molar-refractivity contribution in [2.24, 2.45) is 0 Å². The molecule has 1 aliphatic heterocycles. The Balaban J connectivity index is 1.32. The molecule has 0 radical (unpaired) electrons. The maximum Gasteiger partial charge on any atom is 0.451 e. The minimum Gasteiger partial charge on any atom is -0.459 e. The second-order valence-corrected chi connectivity index (χ2v) is 10.6. The van der Waals surface area contributed by atoms with Crippen molar-refractivity contribution in [1.82, 2.24) is 19.5 Å². The Morgan fingerprint density at radius 3 is 2.23 bits per heavy atom. The summed E-state index contributed by atoms with van der Waals surface area (Å²) in [6.45, 7) is -0.513. The number of nitrogens with zero attached hydrogens (tertiary/aromatic N) is 4. The second kappa shape index (κ2) is 12.2. The topological polar surface area (TPSA) is 117 Å². The highest BCUT2D eigenvalue weighted by Gasteiger charge is 2.50. The quantitative estimate of drug-likeness (QED) is 0.203. The van der Waals surface area contributed by atoms with Crippen LogP contribution in [0, 0.1) is 0 Å². The zero-order valence-corrected chi connectivity index (χ0v) is 23.1. The summed E-state index contributed by atoms with van der Waals surface area (Å²) in [7, 11) is 0. The molecule has 2 aromatic carbocycles. The summed E-state index contributed by atoms with van der Waals surface area (Å²) in [5.74, 6) is -3.13. The minimum absolute atomic E-state index is 0.00233. The van der Waals surface area contributed by atoms with Crippen LogP contribution >= 0.6 is 0 Å². The number of anilines is 1. The number of ether oxygens (including phenoxy) is 3. The van der Waals surface area contributed by atoms with Gasteiger partial charge < -0.3 is 19.5 Å². The molecule has 14 heteroatoms. The fraction of sp³-hybridized carbons (Fsp3) is 0.367. The van der Waals surface area contributed by atoms with Crippen LogP contribution in [0.1, 0.15) is 58.5 Å². The Labute approximate surface area is 248 Å². The lowest BCUT2D eigenvalue weighted by Crippen LogP contribution is -2.37. The largest absolute Gasteiger partial charge is 0.459 e. The van der Waals surface area contributed by atoms with E-state index in [2.05, 4.69) is 20.3 Å². The molecule has 6 rings (SSSR count). The number of benzene rings is 2. The number of fused-ring (bicyclic) bond motifs is 1. The summed E-state index contributed by atoms with van der Waals surface area (Å²) in [6.07, 6.45) is -7.07. The van der Waals surface area contributed by atoms with Crippen LogP contribution in [0.5, 0.6) is 0 Å². The smallest absolute Gasteiger partial charge is 0.451 e. The Morgan fingerprint density at radius 2 is 1.59 bits per heavy atom. The van der Waals surface area contributed by atoms with Crippen LogP contribution < -0.4 is 5.32 Å². The van der Waals surface area contributed by atoms with Crippen LogP contribution in [-0.4, -0.2) is 62.5 Å². The summed E-state index contributed by atoms with van der Waals surface area (Å²) in [6, 6.07) is 15.8. The maximum atomic E-state index is 16.2. The third-order valence-corrected chi connectivity index (χ3v) is 7.55. The van der Waals surface area contributed by atoms with Crippen molar-refractivity contribution in [3.63, 3.8) is 0 Å². The SMILES string of the molecule is O=C(OC[C@H]1O[C@@H](n2cnc3c(NC4CCCC4)nc(C(F)(F)F)nc32)[C@@H](F)[C@@H]1OC(=O)c1ccccc1)c1ccccc1. The molecule has 4 atom stereocenters. The van der Waals surface area contributed by atoms with Crippen molar-refractivity contribution in [3.05, 3.63) is 83.9 Å². The van der Waals surface area contributed by atoms with E-state index in [0.29, 0.717) is 0 Å². The lowest BCUT2D eigenvalue weighted by Gasteiger charge is -2.19. The third kappa shape index (κ3) is 6.07. The molecule has 0 amide bonds. The molecule has 2 fully saturated rings. The maximum absolute atomic E-state index is 16.2. The fourth-order valence-electron chi connectivity index (χ4n) is 5.37. The zero-order valence-electron chi connectivity index (χ0n) is 23.1. The van der Waals surface area contributed by atoms with Gasteiger partial charge in [-0.2, -0.15) is 13.2 Å². The number of rotatable bonds is 8. The van der Waals surface area contributed by atoms with Crippen LogP contribution in [0.15, 0.2) is 67.0 Å². The van der Waals surface area contributed by atoms with Gasteiger partial charge in [0.05, 0.1) is 17.5 Å². The van der Waals surface area contributed by atoms with Gasteiger partial charge in [-0.1, -0.05) is 49.2 Å². The summed E-state index contributed by atoms with van der Waals surface area (Å²) in [4.78, 5) is 37.1. The summed E-state index contributed by atoms with van der Waals surface area (Å²) < 4.78 is 75.5. The number of alkyl halides is 4. The van der Waals surface area contributed by atoms with Gasteiger partial charge in [0.2, 0.25) is 5.82 Å². The zero-order chi connectivity index (χ0) is 30.8. The van der Waals surface area contributed by atoms with Crippen molar-refractivity contribution in [1.29, 1.82) is 0 Å². The number of carbonyl (C=O) groups is 2. The Bertz CT molecular complexity index is 1630. The van der Waals surface area contributed by atoms with Crippen LogP contribution in [0.4, 0.5) is 23.4 Å². The summed E-state index contributed by atoms with van der Waals surface area (Å²) >= 11 is 0. The normalized spacial score (nSPS) is 22.3. The molecule has 44 heavy (non-hydrogen) atoms. The van der Waals surface area contributed by atoms with Gasteiger partial charge in [0, 0.05) is 6.04 Å². The Kier molecular flexibility index (Phi) is 8.17. The van der Waals surface area contributed by atoms with E-state index >= 15 is 4.39 Å². The van der Waals surface area contributed by atoms with Gasteiger partial charge in [-0.15, -0.1) is 0 Å². The first kappa shape index (κ1) is 29.5. The van der Waals surface area contributed by atoms with Crippen LogP contribution in [0.25, 0.3) is 11.2 Å². The van der Waals surface area contributed by atoms with Crippen molar-refractivity contribution in [2.45, 2.75) is 62.5 Å². The van der Waals surface area contributed by atoms with E-state index in [1.165, 1.54) is 24.3 Å². The first-order valence-electron chi connectivity index (χ1n) is 14.0. The highest BCUT2D eigenvalue weighted by molar-refractivity contribution is 5.90. The number of hydrogen-bond acceptors (Lipinski definition) is 9. The van der Waals surface area contributed by atoms with Gasteiger partial charge in [-0.05, 0) is 37.1 Å². The van der Waals surface area contributed by atoms with E-state index in [9.17, 15) is 22.8 Å². The number of imidazole rings is 1. The minimum atomic E-state index is -4.90. The standard InChI is InChI=1S/C30H27F4N5O5/c31-21-23(44-28(41)18-11-5-2-6-12-18)20(15-42-27(40)17-9-3-1-4-10-17)43-26(21)39-16-35-22-24(36-19-13-7-8-14-19)37-29(30(32,33)34)38-25(22)39/h1-6,9-12,16,19-21,23,26H,7-8,13-15H2,(H,36,37,38)/t20-,21+,23-,26-/m1/s1. The molecule has 1 aliphatic carbocycles. The van der Waals surface area contributed by atoms with Gasteiger partial charge in [-0.25, -0.2) is 28.9 Å². The van der Waals surface area contributed by atoms with Crippen LogP contribution in [0.2, 0.25) is 0 Å². The molecule has 0 unspecified atom stereocenters. The van der Waals surface area contributed by atoms with Gasteiger partial charge >= 0.3 is 18.1 Å². The monoisotopic (exact) mass is 613 g/mol. The molecular formula is C30H27F4N5O5. The summed E-state index contributed by atoms with van der Waals surface area (Å²) in [5.41, 5.74) is 0.0467. The molecule has 2 aromatic heterocycles. The van der Waals surface area contributed by atoms with Crippen LogP contribution in [-0.2, 0) is 20.4 Å². The highest BCUT2D eigenvalue weighted by atomic mass is 19.4. The van der Waals surface area contributed by atoms with Gasteiger partial charge in [0.25, 0.3) is 0 Å². The lowest BCUT2D eigenvalue weighted by atomic mass is 10.1. The lowest BCUT2D eigenvalue weighted by molar-refractivity contribution is -0.144. The number of carbonyl (C=O) groups excluding carboxylic acids is 2. The van der Waals surface area contributed by atoms with E-state index in [1.807, 2.05) is 0 Å². The number of halogens is 4. The predicted molar refractivity (Wildman–Crippen MR) is 147 cm³/mol. The Hall–Kier alpha value is -4.59. The van der Waals surface area contributed by atoms with E-state index in [4.69, 9.17) is 14.2 Å². The van der Waals surface area contributed by atoms with Crippen molar-refractivity contribution >= 4 is 28.9 Å². The van der Waals surface area contributed by atoms with Crippen molar-refractivity contribution < 1.29 is 41.4 Å². The van der Waals surface area contributed by atoms with Gasteiger partial charge in [-0.3, -0.25) is 4.57 Å². The number of aromatic nitrogens is 4. The third-order valence-electron chi connectivity index (χ3n) is 7.55. The van der Waals surface area contributed by atoms with E-state index < -0.39 is 55.2 Å². The van der Waals surface area contributed by atoms with E-state index in [-0.39, 0.29) is 34.2 Å². The molecule has 3 heterocycles. The molecular weight excluding hydrogens is 586 g/mol. The molecule has 230 valence electrons. The average molecular weight is 614 g/mol. The second-order valence-electron chi connectivity index (χ2n) is 10.6. The number of hydrogen-bond donors (Lipinski definition) is 1. The summed E-state index contributed by atoms with van der Waals surface area (Å²) in [5, 5.41) is 3.03. The Morgan fingerprint density at radius 1 is 0.955 bits per heavy atom. The van der Waals surface area contributed by atoms with E-state index in [1.54, 1.807) is 36.4 Å². The molecule has 1 saturated heterocycles. The first-order valence-corrected chi connectivity index (χ1v) is 14.0. The highest BCUT2D eigenvalue weighted by Crippen LogP contribution is 2.38. The van der Waals surface area contributed by atoms with Gasteiger partial charge in [0.1, 0.15) is 12.7 Å². The average Bonchev–Trinajstić information content (AvgIpc) is 3.76. The number of nitrogens with one attached hydrogen (secondary N) is 1. The first-order chi connectivity index (χ1) is 21.2. The van der Waals surface area contributed by atoms with Crippen molar-refractivity contribution in [2.75, 3.05) is 11.9 Å². The van der Waals surface area contributed by atoms with Crippen LogP contribution in [0.3, 0.4) is 0 Å². The molecule has 1 N–H and O–H groups in total.